The van der Waals surface area contributed by atoms with E-state index in [1.807, 2.05) is 20.8 Å². The van der Waals surface area contributed by atoms with Crippen molar-refractivity contribution >= 4 is 16.9 Å². The van der Waals surface area contributed by atoms with Crippen molar-refractivity contribution in [3.8, 4) is 5.75 Å². The van der Waals surface area contributed by atoms with Crippen molar-refractivity contribution in [3.63, 3.8) is 0 Å². The monoisotopic (exact) mass is 420 g/mol. The summed E-state index contributed by atoms with van der Waals surface area (Å²) in [4.78, 5) is 11.3. The van der Waals surface area contributed by atoms with Crippen LogP contribution in [-0.4, -0.2) is 27.5 Å². The van der Waals surface area contributed by atoms with Crippen molar-refractivity contribution in [3.05, 3.63) is 58.8 Å². The lowest BCUT2D eigenvalue weighted by molar-refractivity contribution is -0.137. The Hall–Kier alpha value is -3.03. The first-order chi connectivity index (χ1) is 14.1. The van der Waals surface area contributed by atoms with Gasteiger partial charge >= 0.3 is 12.1 Å². The average Bonchev–Trinajstić information content (AvgIpc) is 3.03. The minimum atomic E-state index is -4.47. The normalized spacial score (nSPS) is 12.0. The molecule has 0 amide bonds. The number of carbonyl (C=O) groups is 1. The van der Waals surface area contributed by atoms with E-state index >= 15 is 0 Å². The number of aromatic carboxylic acids is 1. The number of aryl methyl sites for hydroxylation is 1. The summed E-state index contributed by atoms with van der Waals surface area (Å²) in [6.07, 6.45) is -3.91. The van der Waals surface area contributed by atoms with Gasteiger partial charge in [0.15, 0.2) is 0 Å². The topological polar surface area (TPSA) is 64.4 Å². The quantitative estimate of drug-likeness (QED) is 0.556. The number of rotatable bonds is 7. The van der Waals surface area contributed by atoms with Crippen molar-refractivity contribution < 1.29 is 27.8 Å². The van der Waals surface area contributed by atoms with E-state index in [0.717, 1.165) is 12.1 Å². The minimum Gasteiger partial charge on any atom is -0.493 e. The molecule has 1 N–H and O–H groups in total. The van der Waals surface area contributed by atoms with Gasteiger partial charge in [0.25, 0.3) is 0 Å². The molecule has 0 aliphatic heterocycles. The van der Waals surface area contributed by atoms with Crippen LogP contribution in [-0.2, 0) is 19.1 Å². The maximum Gasteiger partial charge on any atom is 0.416 e. The fourth-order valence-corrected chi connectivity index (χ4v) is 3.20. The van der Waals surface area contributed by atoms with Gasteiger partial charge < -0.3 is 9.84 Å². The van der Waals surface area contributed by atoms with Gasteiger partial charge in [-0.15, -0.1) is 0 Å². The largest absolute Gasteiger partial charge is 0.493 e. The molecule has 5 nitrogen and oxygen atoms in total. The first-order valence-electron chi connectivity index (χ1n) is 9.65. The molecule has 3 aromatic rings. The number of aromatic nitrogens is 2. The molecule has 0 radical (unpaired) electrons. The molecule has 0 bridgehead atoms. The van der Waals surface area contributed by atoms with Gasteiger partial charge in [-0.1, -0.05) is 20.8 Å². The number of fused-ring (bicyclic) bond motifs is 1. The van der Waals surface area contributed by atoms with Gasteiger partial charge in [0.1, 0.15) is 5.75 Å². The van der Waals surface area contributed by atoms with E-state index < -0.39 is 17.7 Å². The number of nitrogens with zero attached hydrogens (tertiary/aromatic N) is 2. The summed E-state index contributed by atoms with van der Waals surface area (Å²) in [6.45, 7) is 6.25. The highest BCUT2D eigenvalue weighted by molar-refractivity contribution is 5.94. The lowest BCUT2D eigenvalue weighted by atomic mass is 10.1. The van der Waals surface area contributed by atoms with Crippen molar-refractivity contribution in [1.29, 1.82) is 0 Å². The summed E-state index contributed by atoms with van der Waals surface area (Å²) >= 11 is 0. The third-order valence-electron chi connectivity index (χ3n) is 4.69. The Morgan fingerprint density at radius 1 is 1.20 bits per heavy atom. The molecule has 30 heavy (non-hydrogen) atoms. The highest BCUT2D eigenvalue weighted by Gasteiger charge is 2.31. The van der Waals surface area contributed by atoms with Crippen LogP contribution in [0.15, 0.2) is 36.4 Å². The Kier molecular flexibility index (Phi) is 6.05. The van der Waals surface area contributed by atoms with Crippen molar-refractivity contribution in [2.45, 2.75) is 39.9 Å². The molecule has 2 aromatic carbocycles. The summed E-state index contributed by atoms with van der Waals surface area (Å²) in [7, 11) is 0. The molecule has 0 atom stereocenters. The zero-order valence-electron chi connectivity index (χ0n) is 17.0. The molecule has 0 aliphatic carbocycles. The fraction of sp³-hybridized carbons (Fsp3) is 0.364. The predicted octanol–water partition coefficient (Wildman–Crippen LogP) is 5.40. The van der Waals surface area contributed by atoms with Crippen LogP contribution < -0.4 is 4.74 Å². The number of benzene rings is 2. The average molecular weight is 420 g/mol. The first-order valence-corrected chi connectivity index (χ1v) is 9.65. The zero-order chi connectivity index (χ0) is 22.1. The molecule has 0 fully saturated rings. The van der Waals surface area contributed by atoms with Gasteiger partial charge in [-0.25, -0.2) is 4.79 Å². The smallest absolute Gasteiger partial charge is 0.416 e. The van der Waals surface area contributed by atoms with E-state index in [4.69, 9.17) is 4.74 Å². The standard InChI is InChI=1S/C22H23F3N2O3/c1-4-18-17-10-14(21(28)29)5-7-19(17)27(26-18)11-15-9-16(22(23,24)25)6-8-20(15)30-12-13(2)3/h5-10,13H,4,11-12H2,1-3H3,(H,28,29). The SMILES string of the molecule is CCc1nn(Cc2cc(C(F)(F)F)ccc2OCC(C)C)c2ccc(C(=O)O)cc12. The molecule has 0 spiro atoms. The van der Waals surface area contributed by atoms with E-state index in [1.54, 1.807) is 16.8 Å². The van der Waals surface area contributed by atoms with E-state index in [9.17, 15) is 23.1 Å². The lowest BCUT2D eigenvalue weighted by Crippen LogP contribution is -2.11. The molecule has 0 unspecified atom stereocenters. The molecule has 8 heteroatoms. The first kappa shape index (κ1) is 21.7. The van der Waals surface area contributed by atoms with Crippen molar-refractivity contribution in [2.24, 2.45) is 5.92 Å². The molecular weight excluding hydrogens is 397 g/mol. The Morgan fingerprint density at radius 3 is 2.53 bits per heavy atom. The molecule has 0 saturated heterocycles. The number of carboxylic acids is 1. The minimum absolute atomic E-state index is 0.0697. The Bertz CT molecular complexity index is 1070. The predicted molar refractivity (Wildman–Crippen MR) is 107 cm³/mol. The van der Waals surface area contributed by atoms with E-state index in [0.29, 0.717) is 40.9 Å². The van der Waals surface area contributed by atoms with Crippen LogP contribution in [0.5, 0.6) is 5.75 Å². The summed E-state index contributed by atoms with van der Waals surface area (Å²) < 4.78 is 47.1. The van der Waals surface area contributed by atoms with Gasteiger partial charge in [-0.3, -0.25) is 4.68 Å². The van der Waals surface area contributed by atoms with Crippen molar-refractivity contribution in [2.75, 3.05) is 6.61 Å². The lowest BCUT2D eigenvalue weighted by Gasteiger charge is -2.16. The molecule has 0 aliphatic rings. The maximum atomic E-state index is 13.3. The second-order valence-electron chi connectivity index (χ2n) is 7.52. The summed E-state index contributed by atoms with van der Waals surface area (Å²) in [6, 6.07) is 8.08. The third kappa shape index (κ3) is 4.58. The molecular formula is C22H23F3N2O3. The van der Waals surface area contributed by atoms with E-state index in [-0.39, 0.29) is 18.0 Å². The van der Waals surface area contributed by atoms with Gasteiger partial charge in [0.05, 0.1) is 35.5 Å². The van der Waals surface area contributed by atoms with Crippen LogP contribution >= 0.6 is 0 Å². The Labute approximate surface area is 172 Å². The van der Waals surface area contributed by atoms with Crippen LogP contribution in [0.3, 0.4) is 0 Å². The fourth-order valence-electron chi connectivity index (χ4n) is 3.20. The second-order valence-corrected chi connectivity index (χ2v) is 7.52. The summed E-state index contributed by atoms with van der Waals surface area (Å²) in [5, 5.41) is 14.4. The molecule has 160 valence electrons. The number of hydrogen-bond donors (Lipinski definition) is 1. The number of alkyl halides is 3. The molecule has 3 rings (SSSR count). The van der Waals surface area contributed by atoms with Gasteiger partial charge in [0, 0.05) is 10.9 Å². The van der Waals surface area contributed by atoms with Gasteiger partial charge in [0.2, 0.25) is 0 Å². The number of hydrogen-bond acceptors (Lipinski definition) is 3. The number of ether oxygens (including phenoxy) is 1. The summed E-state index contributed by atoms with van der Waals surface area (Å²) in [5.74, 6) is -0.457. The van der Waals surface area contributed by atoms with Gasteiger partial charge in [-0.05, 0) is 48.7 Å². The number of carboxylic acid groups (broad SMARTS) is 1. The third-order valence-corrected chi connectivity index (χ3v) is 4.69. The van der Waals surface area contributed by atoms with Crippen LogP contribution in [0.25, 0.3) is 10.9 Å². The van der Waals surface area contributed by atoms with Crippen LogP contribution in [0.2, 0.25) is 0 Å². The Morgan fingerprint density at radius 2 is 1.93 bits per heavy atom. The molecule has 0 saturated carbocycles. The Balaban J connectivity index is 2.07. The number of halogens is 3. The van der Waals surface area contributed by atoms with E-state index in [2.05, 4.69) is 5.10 Å². The zero-order valence-corrected chi connectivity index (χ0v) is 17.0. The van der Waals surface area contributed by atoms with Crippen molar-refractivity contribution in [1.82, 2.24) is 9.78 Å². The maximum absolute atomic E-state index is 13.3. The van der Waals surface area contributed by atoms with Gasteiger partial charge in [-0.2, -0.15) is 18.3 Å². The molecule has 1 heterocycles. The van der Waals surface area contributed by atoms with E-state index in [1.165, 1.54) is 12.1 Å². The highest BCUT2D eigenvalue weighted by Crippen LogP contribution is 2.33. The highest BCUT2D eigenvalue weighted by atomic mass is 19.4. The van der Waals surface area contributed by atoms with Crippen LogP contribution in [0, 0.1) is 5.92 Å². The molecule has 1 aromatic heterocycles. The van der Waals surface area contributed by atoms with Crippen LogP contribution in [0.4, 0.5) is 13.2 Å². The van der Waals surface area contributed by atoms with Crippen LogP contribution in [0.1, 0.15) is 48.0 Å². The summed E-state index contributed by atoms with van der Waals surface area (Å²) in [5.41, 5.74) is 1.08. The second kappa shape index (κ2) is 8.38.